The molecule has 1 heterocycles. The van der Waals surface area contributed by atoms with E-state index in [1.165, 1.54) is 30.5 Å². The number of anilines is 1. The molecule has 1 amide bonds. The number of benzene rings is 1. The molecular weight excluding hydrogens is 331 g/mol. The van der Waals surface area contributed by atoms with Gasteiger partial charge in [0.25, 0.3) is 5.91 Å². The molecule has 1 aromatic carbocycles. The Hall–Kier alpha value is -2.28. The number of carboxylic acid groups (broad SMARTS) is 1. The summed E-state index contributed by atoms with van der Waals surface area (Å²) >= 11 is 3.10. The number of rotatable bonds is 3. The van der Waals surface area contributed by atoms with Gasteiger partial charge in [-0.05, 0) is 40.2 Å². The Morgan fingerprint density at radius 2 is 2.00 bits per heavy atom. The first-order valence-electron chi connectivity index (χ1n) is 5.44. The number of nitrogens with zero attached hydrogens (tertiary/aromatic N) is 1. The lowest BCUT2D eigenvalue weighted by Crippen LogP contribution is -2.19. The van der Waals surface area contributed by atoms with Gasteiger partial charge in [0, 0.05) is 10.7 Å². The number of halogens is 2. The monoisotopic (exact) mass is 338 g/mol. The van der Waals surface area contributed by atoms with Crippen LogP contribution in [-0.2, 0) is 0 Å². The smallest absolute Gasteiger partial charge is 0.338 e. The predicted molar refractivity (Wildman–Crippen MR) is 73.2 cm³/mol. The third kappa shape index (κ3) is 2.83. The summed E-state index contributed by atoms with van der Waals surface area (Å²) < 4.78 is 14.0. The molecule has 0 radical (unpaired) electrons. The van der Waals surface area contributed by atoms with Gasteiger partial charge >= 0.3 is 5.97 Å². The number of hydrogen-bond donors (Lipinski definition) is 2. The number of carbonyl (C=O) groups is 2. The van der Waals surface area contributed by atoms with Crippen molar-refractivity contribution in [1.82, 2.24) is 4.98 Å². The molecule has 20 heavy (non-hydrogen) atoms. The molecule has 0 unspecified atom stereocenters. The molecule has 102 valence electrons. The molecule has 0 spiro atoms. The third-order valence-electron chi connectivity index (χ3n) is 2.45. The standard InChI is InChI=1S/C13H8BrFN2O3/c14-8-4-1-5-9(15)11(8)17-12(18)10-7(13(19)20)3-2-6-16-10/h1-6H,(H,17,18)(H,19,20). The van der Waals surface area contributed by atoms with E-state index in [0.29, 0.717) is 4.47 Å². The van der Waals surface area contributed by atoms with Crippen molar-refractivity contribution < 1.29 is 19.1 Å². The zero-order valence-electron chi connectivity index (χ0n) is 9.93. The molecule has 0 saturated heterocycles. The Morgan fingerprint density at radius 3 is 2.65 bits per heavy atom. The molecule has 2 aromatic rings. The topological polar surface area (TPSA) is 79.3 Å². The number of carboxylic acids is 1. The van der Waals surface area contributed by atoms with Crippen molar-refractivity contribution >= 4 is 33.5 Å². The second kappa shape index (κ2) is 5.79. The minimum Gasteiger partial charge on any atom is -0.478 e. The molecule has 2 rings (SSSR count). The molecule has 0 bridgehead atoms. The third-order valence-corrected chi connectivity index (χ3v) is 3.12. The highest BCUT2D eigenvalue weighted by atomic mass is 79.9. The number of amides is 1. The molecule has 0 aliphatic carbocycles. The average molecular weight is 339 g/mol. The highest BCUT2D eigenvalue weighted by Crippen LogP contribution is 2.25. The largest absolute Gasteiger partial charge is 0.478 e. The van der Waals surface area contributed by atoms with Crippen molar-refractivity contribution in [2.45, 2.75) is 0 Å². The van der Waals surface area contributed by atoms with Crippen LogP contribution in [-0.4, -0.2) is 22.0 Å². The summed E-state index contributed by atoms with van der Waals surface area (Å²) in [5.41, 5.74) is -0.605. The fourth-order valence-corrected chi connectivity index (χ4v) is 1.99. The minimum atomic E-state index is -1.28. The van der Waals surface area contributed by atoms with Crippen LogP contribution < -0.4 is 5.32 Å². The lowest BCUT2D eigenvalue weighted by atomic mass is 10.2. The van der Waals surface area contributed by atoms with E-state index in [1.807, 2.05) is 0 Å². The van der Waals surface area contributed by atoms with E-state index >= 15 is 0 Å². The Morgan fingerprint density at radius 1 is 1.25 bits per heavy atom. The lowest BCUT2D eigenvalue weighted by Gasteiger charge is -2.09. The highest BCUT2D eigenvalue weighted by molar-refractivity contribution is 9.10. The summed E-state index contributed by atoms with van der Waals surface area (Å²) in [5.74, 6) is -2.72. The number of hydrogen-bond acceptors (Lipinski definition) is 3. The SMILES string of the molecule is O=C(O)c1cccnc1C(=O)Nc1c(F)cccc1Br. The summed E-state index contributed by atoms with van der Waals surface area (Å²) in [6.45, 7) is 0. The molecule has 7 heteroatoms. The number of aromatic carboxylic acids is 1. The Kier molecular flexibility index (Phi) is 4.09. The summed E-state index contributed by atoms with van der Waals surface area (Å²) in [5, 5.41) is 11.3. The van der Waals surface area contributed by atoms with E-state index in [2.05, 4.69) is 26.2 Å². The fourth-order valence-electron chi connectivity index (χ4n) is 1.55. The first-order chi connectivity index (χ1) is 9.50. The van der Waals surface area contributed by atoms with E-state index < -0.39 is 17.7 Å². The van der Waals surface area contributed by atoms with E-state index in [1.54, 1.807) is 6.07 Å². The van der Waals surface area contributed by atoms with Gasteiger partial charge in [0.2, 0.25) is 0 Å². The van der Waals surface area contributed by atoms with Gasteiger partial charge in [0.05, 0.1) is 11.3 Å². The van der Waals surface area contributed by atoms with Crippen molar-refractivity contribution in [3.05, 3.63) is 58.1 Å². The van der Waals surface area contributed by atoms with Crippen LogP contribution in [0.3, 0.4) is 0 Å². The van der Waals surface area contributed by atoms with Crippen LogP contribution in [0.15, 0.2) is 41.0 Å². The second-order valence-corrected chi connectivity index (χ2v) is 4.61. The van der Waals surface area contributed by atoms with Crippen molar-refractivity contribution in [1.29, 1.82) is 0 Å². The molecule has 5 nitrogen and oxygen atoms in total. The molecular formula is C13H8BrFN2O3. The second-order valence-electron chi connectivity index (χ2n) is 3.76. The molecule has 0 aliphatic heterocycles. The molecule has 0 fully saturated rings. The summed E-state index contributed by atoms with van der Waals surface area (Å²) in [6, 6.07) is 6.85. The quantitative estimate of drug-likeness (QED) is 0.901. The zero-order chi connectivity index (χ0) is 14.7. The molecule has 1 aromatic heterocycles. The normalized spacial score (nSPS) is 10.1. The van der Waals surface area contributed by atoms with Crippen LogP contribution in [0.2, 0.25) is 0 Å². The Balaban J connectivity index is 2.36. The van der Waals surface area contributed by atoms with Crippen LogP contribution in [0, 0.1) is 5.82 Å². The molecule has 0 saturated carbocycles. The summed E-state index contributed by atoms with van der Waals surface area (Å²) in [7, 11) is 0. The lowest BCUT2D eigenvalue weighted by molar-refractivity contribution is 0.0691. The number of para-hydroxylation sites is 1. The van der Waals surface area contributed by atoms with Gasteiger partial charge in [0.15, 0.2) is 0 Å². The van der Waals surface area contributed by atoms with Crippen LogP contribution in [0.1, 0.15) is 20.8 Å². The van der Waals surface area contributed by atoms with Gasteiger partial charge in [-0.15, -0.1) is 0 Å². The fraction of sp³-hybridized carbons (Fsp3) is 0. The number of pyridine rings is 1. The van der Waals surface area contributed by atoms with Gasteiger partial charge in [0.1, 0.15) is 11.5 Å². The van der Waals surface area contributed by atoms with Gasteiger partial charge in [-0.1, -0.05) is 6.07 Å². The van der Waals surface area contributed by atoms with E-state index in [4.69, 9.17) is 5.11 Å². The van der Waals surface area contributed by atoms with Crippen LogP contribution in [0.25, 0.3) is 0 Å². The zero-order valence-corrected chi connectivity index (χ0v) is 11.5. The van der Waals surface area contributed by atoms with Crippen molar-refractivity contribution in [2.75, 3.05) is 5.32 Å². The minimum absolute atomic E-state index is 0.0699. The van der Waals surface area contributed by atoms with Crippen LogP contribution in [0.4, 0.5) is 10.1 Å². The van der Waals surface area contributed by atoms with Gasteiger partial charge < -0.3 is 10.4 Å². The van der Waals surface area contributed by atoms with E-state index in [9.17, 15) is 14.0 Å². The van der Waals surface area contributed by atoms with Gasteiger partial charge in [-0.25, -0.2) is 9.18 Å². The maximum absolute atomic E-state index is 13.6. The van der Waals surface area contributed by atoms with Crippen molar-refractivity contribution in [2.24, 2.45) is 0 Å². The average Bonchev–Trinajstić information content (AvgIpc) is 2.43. The Labute approximate surface area is 121 Å². The first-order valence-corrected chi connectivity index (χ1v) is 6.23. The maximum atomic E-state index is 13.6. The Bertz CT molecular complexity index is 671. The van der Waals surface area contributed by atoms with Crippen molar-refractivity contribution in [3.63, 3.8) is 0 Å². The van der Waals surface area contributed by atoms with Gasteiger partial charge in [-0.3, -0.25) is 9.78 Å². The molecule has 0 atom stereocenters. The van der Waals surface area contributed by atoms with Crippen LogP contribution in [0.5, 0.6) is 0 Å². The van der Waals surface area contributed by atoms with Crippen molar-refractivity contribution in [3.8, 4) is 0 Å². The number of aromatic nitrogens is 1. The van der Waals surface area contributed by atoms with Gasteiger partial charge in [-0.2, -0.15) is 0 Å². The van der Waals surface area contributed by atoms with Crippen LogP contribution >= 0.6 is 15.9 Å². The predicted octanol–water partition coefficient (Wildman–Crippen LogP) is 2.93. The number of nitrogens with one attached hydrogen (secondary N) is 1. The first kappa shape index (κ1) is 14.1. The highest BCUT2D eigenvalue weighted by Gasteiger charge is 2.19. The molecule has 2 N–H and O–H groups in total. The summed E-state index contributed by atoms with van der Waals surface area (Å²) in [4.78, 5) is 26.8. The number of carbonyl (C=O) groups excluding carboxylic acids is 1. The van der Waals surface area contributed by atoms with E-state index in [-0.39, 0.29) is 16.9 Å². The maximum Gasteiger partial charge on any atom is 0.338 e. The summed E-state index contributed by atoms with van der Waals surface area (Å²) in [6.07, 6.45) is 1.29. The molecule has 0 aliphatic rings. The van der Waals surface area contributed by atoms with E-state index in [0.717, 1.165) is 0 Å².